The molecule has 5 rings (SSSR count). The van der Waals surface area contributed by atoms with Crippen LogP contribution in [0.2, 0.25) is 0 Å². The quantitative estimate of drug-likeness (QED) is 0.533. The number of nitrogen functional groups attached to an aromatic ring is 1. The molecule has 0 saturated carbocycles. The Morgan fingerprint density at radius 1 is 1.03 bits per heavy atom. The lowest BCUT2D eigenvalue weighted by atomic mass is 9.99. The van der Waals surface area contributed by atoms with Gasteiger partial charge in [0, 0.05) is 36.7 Å². The molecule has 1 aromatic carbocycles. The molecule has 1 saturated heterocycles. The fourth-order valence-electron chi connectivity index (χ4n) is 4.44. The first kappa shape index (κ1) is 20.4. The highest BCUT2D eigenvalue weighted by molar-refractivity contribution is 5.90. The summed E-state index contributed by atoms with van der Waals surface area (Å²) in [7, 11) is 0. The van der Waals surface area contributed by atoms with Gasteiger partial charge in [0.05, 0.1) is 11.3 Å². The van der Waals surface area contributed by atoms with Gasteiger partial charge < -0.3 is 10.5 Å². The summed E-state index contributed by atoms with van der Waals surface area (Å²) in [5.74, 6) is 0.483. The third kappa shape index (κ3) is 3.67. The van der Waals surface area contributed by atoms with E-state index in [0.29, 0.717) is 23.8 Å². The Morgan fingerprint density at radius 2 is 1.72 bits per heavy atom. The van der Waals surface area contributed by atoms with Crippen molar-refractivity contribution in [2.75, 3.05) is 18.9 Å². The van der Waals surface area contributed by atoms with E-state index in [9.17, 15) is 4.79 Å². The lowest BCUT2D eigenvalue weighted by Gasteiger charge is -2.21. The molecule has 1 fully saturated rings. The number of nitrogens with two attached hydrogens (primary N) is 1. The molecule has 0 bridgehead atoms. The number of nitrogens with zero attached hydrogens (tertiary/aromatic N) is 5. The summed E-state index contributed by atoms with van der Waals surface area (Å²) in [6, 6.07) is 13.8. The van der Waals surface area contributed by atoms with E-state index in [1.165, 1.54) is 9.08 Å². The van der Waals surface area contributed by atoms with Gasteiger partial charge in [0.25, 0.3) is 0 Å². The van der Waals surface area contributed by atoms with Crippen LogP contribution in [0.25, 0.3) is 28.0 Å². The van der Waals surface area contributed by atoms with Gasteiger partial charge >= 0.3 is 5.69 Å². The molecule has 0 aliphatic carbocycles. The molecule has 4 aromatic rings. The van der Waals surface area contributed by atoms with Crippen LogP contribution < -0.4 is 11.4 Å². The third-order valence-corrected chi connectivity index (χ3v) is 5.94. The predicted molar refractivity (Wildman–Crippen MR) is 123 cm³/mol. The van der Waals surface area contributed by atoms with E-state index in [-0.39, 0.29) is 11.6 Å². The summed E-state index contributed by atoms with van der Waals surface area (Å²) in [6.07, 6.45) is 1.83. The second kappa shape index (κ2) is 8.20. The number of benzene rings is 1. The van der Waals surface area contributed by atoms with Gasteiger partial charge in [-0.3, -0.25) is 4.98 Å². The van der Waals surface area contributed by atoms with Crippen molar-refractivity contribution in [2.24, 2.45) is 5.92 Å². The Morgan fingerprint density at radius 3 is 2.41 bits per heavy atom. The van der Waals surface area contributed by atoms with E-state index < -0.39 is 0 Å². The molecular weight excluding hydrogens is 404 g/mol. The second-order valence-corrected chi connectivity index (χ2v) is 8.38. The topological polar surface area (TPSA) is 100 Å². The van der Waals surface area contributed by atoms with Crippen LogP contribution in [-0.2, 0) is 11.3 Å². The number of fused-ring (bicyclic) bond motifs is 1. The zero-order valence-corrected chi connectivity index (χ0v) is 18.3. The molecule has 8 heteroatoms. The first-order chi connectivity index (χ1) is 15.5. The molecule has 0 unspecified atom stereocenters. The van der Waals surface area contributed by atoms with Gasteiger partial charge in [0.1, 0.15) is 0 Å². The average Bonchev–Trinajstić information content (AvgIpc) is 3.10. The summed E-state index contributed by atoms with van der Waals surface area (Å²) in [5, 5.41) is 4.77. The molecule has 3 aromatic heterocycles. The molecule has 4 heterocycles. The monoisotopic (exact) mass is 430 g/mol. The minimum Gasteiger partial charge on any atom is -0.381 e. The molecule has 0 radical (unpaired) electrons. The minimum atomic E-state index is -0.264. The van der Waals surface area contributed by atoms with Gasteiger partial charge in [-0.05, 0) is 50.3 Å². The van der Waals surface area contributed by atoms with E-state index in [4.69, 9.17) is 15.6 Å². The SMILES string of the molecule is Cc1cc(-c2c(-c3ccccc3)nc(N)n3c(=O)n(CC4CCOCC4)nc23)cc(C)n1. The third-order valence-electron chi connectivity index (χ3n) is 5.94. The molecule has 8 nitrogen and oxygen atoms in total. The predicted octanol–water partition coefficient (Wildman–Crippen LogP) is 3.25. The molecular formula is C24H26N6O2. The highest BCUT2D eigenvalue weighted by atomic mass is 16.5. The van der Waals surface area contributed by atoms with Crippen molar-refractivity contribution in [2.45, 2.75) is 33.2 Å². The van der Waals surface area contributed by atoms with E-state index in [1.54, 1.807) is 0 Å². The van der Waals surface area contributed by atoms with Crippen LogP contribution >= 0.6 is 0 Å². The summed E-state index contributed by atoms with van der Waals surface area (Å²) in [5.41, 5.74) is 11.6. The number of ether oxygens (including phenoxy) is 1. The van der Waals surface area contributed by atoms with Gasteiger partial charge in [-0.1, -0.05) is 30.3 Å². The Labute approximate surface area is 185 Å². The van der Waals surface area contributed by atoms with E-state index in [1.807, 2.05) is 56.3 Å². The Bertz CT molecular complexity index is 1320. The Hall–Kier alpha value is -3.52. The molecule has 1 aliphatic heterocycles. The minimum absolute atomic E-state index is 0.133. The number of hydrogen-bond acceptors (Lipinski definition) is 6. The smallest absolute Gasteiger partial charge is 0.353 e. The largest absolute Gasteiger partial charge is 0.381 e. The summed E-state index contributed by atoms with van der Waals surface area (Å²) in [6.45, 7) is 5.88. The maximum Gasteiger partial charge on any atom is 0.353 e. The summed E-state index contributed by atoms with van der Waals surface area (Å²) in [4.78, 5) is 22.5. The second-order valence-electron chi connectivity index (χ2n) is 8.38. The van der Waals surface area contributed by atoms with Crippen LogP contribution in [0.1, 0.15) is 24.2 Å². The van der Waals surface area contributed by atoms with Crippen molar-refractivity contribution >= 4 is 11.6 Å². The van der Waals surface area contributed by atoms with Crippen LogP contribution in [0.5, 0.6) is 0 Å². The summed E-state index contributed by atoms with van der Waals surface area (Å²) >= 11 is 0. The molecule has 0 spiro atoms. The molecule has 32 heavy (non-hydrogen) atoms. The van der Waals surface area contributed by atoms with Crippen molar-refractivity contribution in [1.29, 1.82) is 0 Å². The molecule has 1 aliphatic rings. The van der Waals surface area contributed by atoms with Crippen molar-refractivity contribution in [3.05, 3.63) is 64.3 Å². The zero-order valence-electron chi connectivity index (χ0n) is 18.3. The van der Waals surface area contributed by atoms with Crippen molar-refractivity contribution < 1.29 is 4.74 Å². The van der Waals surface area contributed by atoms with Crippen LogP contribution in [0, 0.1) is 19.8 Å². The summed E-state index contributed by atoms with van der Waals surface area (Å²) < 4.78 is 8.41. The van der Waals surface area contributed by atoms with Crippen LogP contribution in [0.3, 0.4) is 0 Å². The average molecular weight is 431 g/mol. The Balaban J connectivity index is 1.77. The normalized spacial score (nSPS) is 14.8. The Kier molecular flexibility index (Phi) is 5.22. The van der Waals surface area contributed by atoms with Crippen molar-refractivity contribution in [1.82, 2.24) is 24.1 Å². The first-order valence-electron chi connectivity index (χ1n) is 10.9. The number of anilines is 1. The van der Waals surface area contributed by atoms with Crippen LogP contribution in [0.15, 0.2) is 47.3 Å². The highest BCUT2D eigenvalue weighted by Gasteiger charge is 2.23. The lowest BCUT2D eigenvalue weighted by molar-refractivity contribution is 0.0598. The standard InChI is InChI=1S/C24H26N6O2/c1-15-12-19(13-16(2)26-15)20-21(18-6-4-3-5-7-18)27-23(25)30-22(20)28-29(24(30)31)14-17-8-10-32-11-9-17/h3-7,12-13,17H,8-11,14H2,1-2H3,(H2,25,27). The number of aryl methyl sites for hydroxylation is 2. The molecule has 0 amide bonds. The van der Waals surface area contributed by atoms with E-state index in [0.717, 1.165) is 54.1 Å². The van der Waals surface area contributed by atoms with Gasteiger partial charge in [0.2, 0.25) is 5.95 Å². The zero-order chi connectivity index (χ0) is 22.2. The fourth-order valence-corrected chi connectivity index (χ4v) is 4.44. The number of rotatable bonds is 4. The van der Waals surface area contributed by atoms with E-state index in [2.05, 4.69) is 9.97 Å². The number of aromatic nitrogens is 5. The maximum atomic E-state index is 13.3. The lowest BCUT2D eigenvalue weighted by Crippen LogP contribution is -2.28. The van der Waals surface area contributed by atoms with Gasteiger partial charge in [-0.2, -0.15) is 0 Å². The van der Waals surface area contributed by atoms with Crippen LogP contribution in [0.4, 0.5) is 5.95 Å². The maximum absolute atomic E-state index is 13.3. The first-order valence-corrected chi connectivity index (χ1v) is 10.9. The van der Waals surface area contributed by atoms with Gasteiger partial charge in [-0.25, -0.2) is 18.9 Å². The van der Waals surface area contributed by atoms with E-state index >= 15 is 0 Å². The molecule has 0 atom stereocenters. The van der Waals surface area contributed by atoms with Crippen molar-refractivity contribution in [3.63, 3.8) is 0 Å². The molecule has 164 valence electrons. The van der Waals surface area contributed by atoms with Gasteiger partial charge in [-0.15, -0.1) is 5.10 Å². The number of pyridine rings is 1. The fraction of sp³-hybridized carbons (Fsp3) is 0.333. The van der Waals surface area contributed by atoms with Gasteiger partial charge in [0.15, 0.2) is 5.65 Å². The highest BCUT2D eigenvalue weighted by Crippen LogP contribution is 2.34. The number of hydrogen-bond donors (Lipinski definition) is 1. The van der Waals surface area contributed by atoms with Crippen LogP contribution in [-0.4, -0.2) is 37.4 Å². The molecule has 2 N–H and O–H groups in total. The van der Waals surface area contributed by atoms with Crippen molar-refractivity contribution in [3.8, 4) is 22.4 Å².